The van der Waals surface area contributed by atoms with E-state index in [4.69, 9.17) is 10.1 Å². The zero-order valence-electron chi connectivity index (χ0n) is 19.2. The van der Waals surface area contributed by atoms with Crippen LogP contribution in [0.4, 0.5) is 0 Å². The molecule has 1 aromatic carbocycles. The van der Waals surface area contributed by atoms with Crippen molar-refractivity contribution >= 4 is 82.3 Å². The van der Waals surface area contributed by atoms with E-state index in [0.29, 0.717) is 34.2 Å². The van der Waals surface area contributed by atoms with Crippen LogP contribution in [0.25, 0.3) is 0 Å². The summed E-state index contributed by atoms with van der Waals surface area (Å²) in [6.45, 7) is -0.418. The highest BCUT2D eigenvalue weighted by Gasteiger charge is 2.41. The molecule has 1 aliphatic heterocycles. The molecular formula is C18H24B2N2O12S3. The van der Waals surface area contributed by atoms with Crippen molar-refractivity contribution in [3.8, 4) is 0 Å². The third kappa shape index (κ3) is 10.9. The highest BCUT2D eigenvalue weighted by molar-refractivity contribution is 8.76. The molecule has 19 heteroatoms. The zero-order chi connectivity index (χ0) is 27.4. The van der Waals surface area contributed by atoms with Crippen LogP contribution in [0.2, 0.25) is 0 Å². The molecule has 0 aromatic heterocycles. The Labute approximate surface area is 224 Å². The summed E-state index contributed by atoms with van der Waals surface area (Å²) in [5.74, 6) is -1.12. The Morgan fingerprint density at radius 1 is 1.03 bits per heavy atom. The molecule has 1 aromatic rings. The van der Waals surface area contributed by atoms with Crippen molar-refractivity contribution in [2.45, 2.75) is 31.1 Å². The Hall–Kier alpha value is -1.64. The van der Waals surface area contributed by atoms with E-state index in [0.717, 1.165) is 0 Å². The van der Waals surface area contributed by atoms with E-state index in [9.17, 15) is 39.3 Å². The van der Waals surface area contributed by atoms with Crippen LogP contribution in [0.3, 0.4) is 0 Å². The molecule has 14 nitrogen and oxygen atoms in total. The molecule has 0 radical (unpaired) electrons. The number of amides is 3. The number of hydrogen-bond acceptors (Lipinski definition) is 15. The van der Waals surface area contributed by atoms with Crippen molar-refractivity contribution < 1.29 is 58.7 Å². The number of nitrogens with zero attached hydrogens (tertiary/aromatic N) is 1. The van der Waals surface area contributed by atoms with Crippen LogP contribution < -0.4 is 16.2 Å². The zero-order valence-corrected chi connectivity index (χ0v) is 21.6. The number of hydroxylamine groups is 2. The number of benzene rings is 1. The highest BCUT2D eigenvalue weighted by Crippen LogP contribution is 2.26. The van der Waals surface area contributed by atoms with Crippen LogP contribution >= 0.6 is 33.6 Å². The molecule has 0 aliphatic carbocycles. The topological polar surface area (TPSA) is 212 Å². The van der Waals surface area contributed by atoms with Gasteiger partial charge in [-0.2, -0.15) is 5.06 Å². The van der Waals surface area contributed by atoms with Gasteiger partial charge >= 0.3 is 14.2 Å². The molecule has 3 amide bonds. The van der Waals surface area contributed by atoms with Gasteiger partial charge in [-0.15, -0.1) is 4.33 Å². The van der Waals surface area contributed by atoms with Crippen molar-refractivity contribution in [1.82, 2.24) is 10.4 Å². The third-order valence-electron chi connectivity index (χ3n) is 4.69. The molecule has 0 saturated carbocycles. The lowest BCUT2D eigenvalue weighted by atomic mass is 9.72. The molecule has 1 unspecified atom stereocenters. The number of carbonyl (C=O) groups is 4. The number of hydrogen-bond donors (Lipinski definition) is 6. The lowest BCUT2D eigenvalue weighted by Crippen LogP contribution is -2.39. The molecule has 1 heterocycles. The first-order chi connectivity index (χ1) is 17.6. The van der Waals surface area contributed by atoms with Crippen LogP contribution in [-0.2, 0) is 39.9 Å². The fraction of sp³-hybridized carbons (Fsp3) is 0.444. The Kier molecular flexibility index (Phi) is 14.0. The minimum atomic E-state index is -1.80. The van der Waals surface area contributed by atoms with Gasteiger partial charge in [0.2, 0.25) is 5.91 Å². The maximum Gasteiger partial charge on any atom is 0.488 e. The van der Waals surface area contributed by atoms with Crippen LogP contribution in [0, 0.1) is 0 Å². The minimum absolute atomic E-state index is 0.0507. The van der Waals surface area contributed by atoms with Gasteiger partial charge in [-0.25, -0.2) is 5.26 Å². The van der Waals surface area contributed by atoms with Crippen LogP contribution in [0.1, 0.15) is 24.8 Å². The van der Waals surface area contributed by atoms with Gasteiger partial charge in [-0.3, -0.25) is 24.0 Å². The summed E-state index contributed by atoms with van der Waals surface area (Å²) in [6.07, 6.45) is 0.0633. The Bertz CT molecular complexity index is 932. The Morgan fingerprint density at radius 3 is 2.24 bits per heavy atom. The molecule has 1 atom stereocenters. The second-order valence-corrected chi connectivity index (χ2v) is 11.0. The van der Waals surface area contributed by atoms with Gasteiger partial charge in [0.15, 0.2) is 5.78 Å². The van der Waals surface area contributed by atoms with E-state index in [1.807, 2.05) is 0 Å². The van der Waals surface area contributed by atoms with Crippen LogP contribution in [0.5, 0.6) is 0 Å². The second kappa shape index (κ2) is 16.4. The number of carbonyl (C=O) groups excluding carboxylic acids is 4. The number of ketones is 1. The van der Waals surface area contributed by atoms with Crippen molar-refractivity contribution in [1.29, 1.82) is 0 Å². The lowest BCUT2D eigenvalue weighted by molar-refractivity contribution is -0.432. The van der Waals surface area contributed by atoms with E-state index < -0.39 is 37.9 Å². The van der Waals surface area contributed by atoms with E-state index in [-0.39, 0.29) is 48.4 Å². The number of imide groups is 1. The van der Waals surface area contributed by atoms with Gasteiger partial charge in [-0.05, 0) is 16.5 Å². The summed E-state index contributed by atoms with van der Waals surface area (Å²) >= 11 is 0.442. The van der Waals surface area contributed by atoms with Crippen LogP contribution in [0.15, 0.2) is 18.2 Å². The minimum Gasteiger partial charge on any atom is -0.423 e. The summed E-state index contributed by atoms with van der Waals surface area (Å²) in [5.41, 5.74) is 0.585. The molecule has 0 spiro atoms. The number of nitrogens with one attached hydrogen (secondary N) is 1. The monoisotopic (exact) mass is 578 g/mol. The van der Waals surface area contributed by atoms with E-state index in [1.165, 1.54) is 39.8 Å². The molecule has 6 N–H and O–H groups in total. The second-order valence-electron chi connectivity index (χ2n) is 7.45. The quantitative estimate of drug-likeness (QED) is 0.0215. The van der Waals surface area contributed by atoms with Crippen molar-refractivity contribution in [2.24, 2.45) is 0 Å². The SMILES string of the molecule is O=C(CCSSCCC(=O)NCc1cc(B(O)O)cc(B(O)O)c1)CON1C(=O)CC(SOOO)C1=O. The van der Waals surface area contributed by atoms with Crippen molar-refractivity contribution in [3.05, 3.63) is 23.8 Å². The molecule has 1 fully saturated rings. The maximum absolute atomic E-state index is 12.1. The highest BCUT2D eigenvalue weighted by atomic mass is 33.1. The smallest absolute Gasteiger partial charge is 0.423 e. The van der Waals surface area contributed by atoms with Crippen molar-refractivity contribution in [2.75, 3.05) is 18.1 Å². The normalized spacial score (nSPS) is 15.3. The first-order valence-electron chi connectivity index (χ1n) is 10.6. The molecular weight excluding hydrogens is 554 g/mol. The lowest BCUT2D eigenvalue weighted by Gasteiger charge is -2.13. The van der Waals surface area contributed by atoms with E-state index in [2.05, 4.69) is 14.7 Å². The van der Waals surface area contributed by atoms with Gasteiger partial charge in [-0.1, -0.05) is 44.8 Å². The standard InChI is InChI=1S/C18H24B2N2O12S3/c23-14(10-32-22-17(25)8-15(18(22)26)37-34-33-31)1-3-35-36-4-2-16(24)21-9-11-5-12(19(27)28)7-13(6-11)20(29)30/h5-7,15,27-31H,1-4,8-10H2,(H,21,24). The fourth-order valence-corrected chi connectivity index (χ4v) is 5.45. The predicted octanol–water partition coefficient (Wildman–Crippen LogP) is -2.48. The predicted molar refractivity (Wildman–Crippen MR) is 136 cm³/mol. The number of Topliss-reactive ketones (excluding diaryl/α,β-unsaturated/α-hetero) is 1. The summed E-state index contributed by atoms with van der Waals surface area (Å²) in [5, 5.41) is 51.0. The number of rotatable bonds is 17. The molecule has 0 bridgehead atoms. The van der Waals surface area contributed by atoms with Gasteiger partial charge in [0.25, 0.3) is 11.8 Å². The molecule has 202 valence electrons. The largest absolute Gasteiger partial charge is 0.488 e. The van der Waals surface area contributed by atoms with Gasteiger partial charge < -0.3 is 25.4 Å². The van der Waals surface area contributed by atoms with Crippen LogP contribution in [-0.4, -0.2) is 91.5 Å². The summed E-state index contributed by atoms with van der Waals surface area (Å²) in [4.78, 5) is 52.8. The summed E-state index contributed by atoms with van der Waals surface area (Å²) < 4.78 is 4.15. The van der Waals surface area contributed by atoms with Gasteiger partial charge in [0, 0.05) is 42.9 Å². The van der Waals surface area contributed by atoms with Gasteiger partial charge in [0.05, 0.1) is 6.42 Å². The molecule has 37 heavy (non-hydrogen) atoms. The fourth-order valence-electron chi connectivity index (χ4n) is 2.91. The Balaban J connectivity index is 1.59. The van der Waals surface area contributed by atoms with E-state index in [1.54, 1.807) is 0 Å². The third-order valence-corrected chi connectivity index (χ3v) is 7.83. The first kappa shape index (κ1) is 31.6. The average molecular weight is 578 g/mol. The van der Waals surface area contributed by atoms with Crippen molar-refractivity contribution in [3.63, 3.8) is 0 Å². The molecule has 2 rings (SSSR count). The molecule has 1 aliphatic rings. The van der Waals surface area contributed by atoms with Gasteiger partial charge in [0.1, 0.15) is 11.9 Å². The maximum atomic E-state index is 12.1. The Morgan fingerprint density at radius 2 is 1.65 bits per heavy atom. The average Bonchev–Trinajstić information content (AvgIpc) is 3.13. The molecule has 1 saturated heterocycles. The van der Waals surface area contributed by atoms with E-state index >= 15 is 0 Å². The summed E-state index contributed by atoms with van der Waals surface area (Å²) in [6, 6.07) is 4.09. The summed E-state index contributed by atoms with van der Waals surface area (Å²) in [7, 11) is -0.868. The first-order valence-corrected chi connectivity index (χ1v) is 13.9.